The SMILES string of the molecule is Cc1ccnc2nc(C(=O)NC(C)CCCC(=O)O)nn12. The van der Waals surface area contributed by atoms with Crippen LogP contribution >= 0.6 is 0 Å². The lowest BCUT2D eigenvalue weighted by atomic mass is 10.1. The van der Waals surface area contributed by atoms with Crippen molar-refractivity contribution in [1.29, 1.82) is 0 Å². The number of carboxylic acids is 1. The topological polar surface area (TPSA) is 109 Å². The standard InChI is InChI=1S/C13H17N5O3/c1-8(4-3-5-10(19)20)15-12(21)11-16-13-14-7-6-9(2)18(13)17-11/h6-8H,3-5H2,1-2H3,(H,15,21)(H,19,20). The van der Waals surface area contributed by atoms with Gasteiger partial charge in [0.05, 0.1) is 0 Å². The first kappa shape index (κ1) is 14.9. The highest BCUT2D eigenvalue weighted by molar-refractivity contribution is 5.91. The number of aromatic nitrogens is 4. The molecule has 0 aliphatic heterocycles. The molecule has 0 radical (unpaired) electrons. The largest absolute Gasteiger partial charge is 0.481 e. The van der Waals surface area contributed by atoms with E-state index in [1.807, 2.05) is 13.8 Å². The summed E-state index contributed by atoms with van der Waals surface area (Å²) >= 11 is 0. The number of nitrogens with zero attached hydrogens (tertiary/aromatic N) is 4. The Balaban J connectivity index is 1.98. The number of nitrogens with one attached hydrogen (secondary N) is 1. The number of amides is 1. The van der Waals surface area contributed by atoms with Crippen LogP contribution in [0.1, 0.15) is 42.5 Å². The van der Waals surface area contributed by atoms with E-state index in [0.29, 0.717) is 18.6 Å². The summed E-state index contributed by atoms with van der Waals surface area (Å²) < 4.78 is 1.50. The molecule has 0 saturated heterocycles. The molecule has 2 heterocycles. The first-order chi connectivity index (χ1) is 9.97. The summed E-state index contributed by atoms with van der Waals surface area (Å²) in [6.45, 7) is 3.67. The van der Waals surface area contributed by atoms with Crippen molar-refractivity contribution in [2.75, 3.05) is 0 Å². The molecule has 1 atom stereocenters. The Kier molecular flexibility index (Phi) is 4.46. The van der Waals surface area contributed by atoms with Crippen molar-refractivity contribution in [2.45, 2.75) is 39.2 Å². The Labute approximate surface area is 121 Å². The maximum absolute atomic E-state index is 12.0. The van der Waals surface area contributed by atoms with Gasteiger partial charge in [0, 0.05) is 24.4 Å². The van der Waals surface area contributed by atoms with Crippen LogP contribution in [-0.2, 0) is 4.79 Å². The number of fused-ring (bicyclic) bond motifs is 1. The van der Waals surface area contributed by atoms with Crippen molar-refractivity contribution in [3.63, 3.8) is 0 Å². The average molecular weight is 291 g/mol. The highest BCUT2D eigenvalue weighted by Crippen LogP contribution is 2.04. The molecule has 0 aliphatic rings. The van der Waals surface area contributed by atoms with Gasteiger partial charge in [-0.2, -0.15) is 4.98 Å². The van der Waals surface area contributed by atoms with Gasteiger partial charge in [-0.25, -0.2) is 9.50 Å². The Morgan fingerprint density at radius 2 is 2.24 bits per heavy atom. The van der Waals surface area contributed by atoms with Gasteiger partial charge in [-0.05, 0) is 32.8 Å². The van der Waals surface area contributed by atoms with Crippen LogP contribution in [0.4, 0.5) is 0 Å². The zero-order valence-electron chi connectivity index (χ0n) is 11.9. The Hall–Kier alpha value is -2.51. The van der Waals surface area contributed by atoms with Gasteiger partial charge in [0.25, 0.3) is 11.7 Å². The molecule has 1 amide bonds. The zero-order chi connectivity index (χ0) is 15.4. The van der Waals surface area contributed by atoms with Crippen LogP contribution in [0.25, 0.3) is 5.78 Å². The van der Waals surface area contributed by atoms with Gasteiger partial charge in [0.1, 0.15) is 0 Å². The molecule has 8 nitrogen and oxygen atoms in total. The molecule has 2 rings (SSSR count). The van der Waals surface area contributed by atoms with Crippen LogP contribution in [0.3, 0.4) is 0 Å². The molecule has 2 aromatic heterocycles. The minimum absolute atomic E-state index is 0.0573. The number of aliphatic carboxylic acids is 1. The third-order valence-electron chi connectivity index (χ3n) is 3.04. The zero-order valence-corrected chi connectivity index (χ0v) is 11.9. The predicted molar refractivity (Wildman–Crippen MR) is 73.9 cm³/mol. The lowest BCUT2D eigenvalue weighted by Crippen LogP contribution is -2.33. The fourth-order valence-corrected chi connectivity index (χ4v) is 1.92. The van der Waals surface area contributed by atoms with Gasteiger partial charge in [0.2, 0.25) is 5.82 Å². The highest BCUT2D eigenvalue weighted by Gasteiger charge is 2.16. The summed E-state index contributed by atoms with van der Waals surface area (Å²) in [6, 6.07) is 1.63. The molecule has 0 aromatic carbocycles. The van der Waals surface area contributed by atoms with Crippen molar-refractivity contribution in [3.8, 4) is 0 Å². The molecule has 0 saturated carbocycles. The fourth-order valence-electron chi connectivity index (χ4n) is 1.92. The number of carboxylic acid groups (broad SMARTS) is 1. The second kappa shape index (κ2) is 6.29. The van der Waals surface area contributed by atoms with E-state index in [1.165, 1.54) is 4.52 Å². The molecule has 0 fully saturated rings. The summed E-state index contributed by atoms with van der Waals surface area (Å²) in [4.78, 5) is 30.6. The van der Waals surface area contributed by atoms with Gasteiger partial charge >= 0.3 is 5.97 Å². The molecule has 0 aliphatic carbocycles. The Bertz CT molecular complexity index is 667. The van der Waals surface area contributed by atoms with Gasteiger partial charge in [-0.3, -0.25) is 9.59 Å². The van der Waals surface area contributed by atoms with Gasteiger partial charge in [-0.1, -0.05) is 0 Å². The number of rotatable bonds is 6. The van der Waals surface area contributed by atoms with Crippen LogP contribution < -0.4 is 5.32 Å². The normalized spacial score (nSPS) is 12.3. The van der Waals surface area contributed by atoms with E-state index in [2.05, 4.69) is 20.4 Å². The lowest BCUT2D eigenvalue weighted by molar-refractivity contribution is -0.137. The average Bonchev–Trinajstić information content (AvgIpc) is 2.83. The maximum atomic E-state index is 12.0. The van der Waals surface area contributed by atoms with E-state index >= 15 is 0 Å². The second-order valence-corrected chi connectivity index (χ2v) is 4.89. The first-order valence-corrected chi connectivity index (χ1v) is 6.68. The van der Waals surface area contributed by atoms with E-state index in [0.717, 1.165) is 5.69 Å². The molecule has 8 heteroatoms. The van der Waals surface area contributed by atoms with E-state index in [-0.39, 0.29) is 24.2 Å². The molecular formula is C13H17N5O3. The maximum Gasteiger partial charge on any atom is 0.303 e. The summed E-state index contributed by atoms with van der Waals surface area (Å²) in [7, 11) is 0. The number of aryl methyl sites for hydroxylation is 1. The molecule has 0 bridgehead atoms. The predicted octanol–water partition coefficient (Wildman–Crippen LogP) is 0.806. The first-order valence-electron chi connectivity index (χ1n) is 6.68. The summed E-state index contributed by atoms with van der Waals surface area (Å²) in [5.74, 6) is -0.791. The van der Waals surface area contributed by atoms with E-state index in [4.69, 9.17) is 5.11 Å². The van der Waals surface area contributed by atoms with Crippen LogP contribution in [0.5, 0.6) is 0 Å². The summed E-state index contributed by atoms with van der Waals surface area (Å²) in [6.07, 6.45) is 2.80. The van der Waals surface area contributed by atoms with Gasteiger partial charge < -0.3 is 10.4 Å². The highest BCUT2D eigenvalue weighted by atomic mass is 16.4. The number of hydrogen-bond acceptors (Lipinski definition) is 5. The van der Waals surface area contributed by atoms with Crippen LogP contribution in [0, 0.1) is 6.92 Å². The number of carbonyl (C=O) groups is 2. The van der Waals surface area contributed by atoms with Crippen molar-refractivity contribution < 1.29 is 14.7 Å². The van der Waals surface area contributed by atoms with Crippen molar-refractivity contribution in [1.82, 2.24) is 24.9 Å². The molecule has 21 heavy (non-hydrogen) atoms. The third kappa shape index (κ3) is 3.74. The van der Waals surface area contributed by atoms with Crippen LogP contribution in [0.2, 0.25) is 0 Å². The lowest BCUT2D eigenvalue weighted by Gasteiger charge is -2.11. The molecule has 2 N–H and O–H groups in total. The summed E-state index contributed by atoms with van der Waals surface area (Å²) in [5, 5.41) is 15.4. The Morgan fingerprint density at radius 1 is 1.48 bits per heavy atom. The van der Waals surface area contributed by atoms with E-state index in [9.17, 15) is 9.59 Å². The molecule has 112 valence electrons. The van der Waals surface area contributed by atoms with E-state index < -0.39 is 5.97 Å². The minimum Gasteiger partial charge on any atom is -0.481 e. The van der Waals surface area contributed by atoms with Crippen molar-refractivity contribution >= 4 is 17.7 Å². The second-order valence-electron chi connectivity index (χ2n) is 4.89. The van der Waals surface area contributed by atoms with Crippen LogP contribution in [-0.4, -0.2) is 42.6 Å². The van der Waals surface area contributed by atoms with Gasteiger partial charge in [0.15, 0.2) is 0 Å². The quantitative estimate of drug-likeness (QED) is 0.815. The van der Waals surface area contributed by atoms with E-state index in [1.54, 1.807) is 12.3 Å². The molecule has 0 spiro atoms. The number of hydrogen-bond donors (Lipinski definition) is 2. The fraction of sp³-hybridized carbons (Fsp3) is 0.462. The minimum atomic E-state index is -0.836. The number of carbonyl (C=O) groups excluding carboxylic acids is 1. The monoisotopic (exact) mass is 291 g/mol. The molecule has 2 aromatic rings. The van der Waals surface area contributed by atoms with Crippen LogP contribution in [0.15, 0.2) is 12.3 Å². The third-order valence-corrected chi connectivity index (χ3v) is 3.04. The van der Waals surface area contributed by atoms with Crippen molar-refractivity contribution in [3.05, 3.63) is 23.8 Å². The molecule has 1 unspecified atom stereocenters. The van der Waals surface area contributed by atoms with Gasteiger partial charge in [-0.15, -0.1) is 5.10 Å². The Morgan fingerprint density at radius 3 is 2.90 bits per heavy atom. The summed E-state index contributed by atoms with van der Waals surface area (Å²) in [5.41, 5.74) is 0.834. The molecular weight excluding hydrogens is 274 g/mol. The smallest absolute Gasteiger partial charge is 0.303 e. The van der Waals surface area contributed by atoms with Crippen molar-refractivity contribution in [2.24, 2.45) is 0 Å².